The van der Waals surface area contributed by atoms with Gasteiger partial charge in [0.05, 0.1) is 11.9 Å². The Labute approximate surface area is 89.6 Å². The van der Waals surface area contributed by atoms with Gasteiger partial charge in [0.1, 0.15) is 0 Å². The molecule has 0 aliphatic carbocycles. The van der Waals surface area contributed by atoms with Crippen molar-refractivity contribution in [1.29, 1.82) is 0 Å². The van der Waals surface area contributed by atoms with E-state index < -0.39 is 7.52 Å². The standard InChI is InChI=1S/C11H14NO2P/c13-15(11-6-2-1-3-7-11)12-8-4-5-10(12)9-14-15/h1-3,6-7,10H,4-5,8-9H2/t10-,15+/m0/s1. The highest BCUT2D eigenvalue weighted by molar-refractivity contribution is 7.64. The van der Waals surface area contributed by atoms with Gasteiger partial charge in [-0.3, -0.25) is 4.57 Å². The summed E-state index contributed by atoms with van der Waals surface area (Å²) in [6, 6.07) is 9.97. The van der Waals surface area contributed by atoms with Crippen LogP contribution in [0.5, 0.6) is 0 Å². The molecule has 80 valence electrons. The molecular weight excluding hydrogens is 209 g/mol. The molecule has 0 aromatic heterocycles. The van der Waals surface area contributed by atoms with Crippen molar-refractivity contribution >= 4 is 12.8 Å². The molecule has 3 nitrogen and oxygen atoms in total. The molecule has 0 saturated carbocycles. The molecule has 3 rings (SSSR count). The molecule has 2 saturated heterocycles. The molecule has 0 bridgehead atoms. The van der Waals surface area contributed by atoms with Crippen molar-refractivity contribution in [3.05, 3.63) is 30.3 Å². The maximum Gasteiger partial charge on any atom is 0.302 e. The second-order valence-electron chi connectivity index (χ2n) is 4.11. The van der Waals surface area contributed by atoms with Gasteiger partial charge in [0.15, 0.2) is 0 Å². The van der Waals surface area contributed by atoms with Crippen LogP contribution in [0.2, 0.25) is 0 Å². The fourth-order valence-electron chi connectivity index (χ4n) is 2.44. The number of hydrogen-bond donors (Lipinski definition) is 0. The average Bonchev–Trinajstić information content (AvgIpc) is 2.85. The van der Waals surface area contributed by atoms with Gasteiger partial charge in [0.2, 0.25) is 0 Å². The molecule has 0 N–H and O–H groups in total. The monoisotopic (exact) mass is 223 g/mol. The van der Waals surface area contributed by atoms with Crippen LogP contribution in [0.25, 0.3) is 0 Å². The number of benzene rings is 1. The van der Waals surface area contributed by atoms with E-state index in [4.69, 9.17) is 4.52 Å². The van der Waals surface area contributed by atoms with Crippen molar-refractivity contribution in [2.24, 2.45) is 0 Å². The van der Waals surface area contributed by atoms with Crippen molar-refractivity contribution in [2.45, 2.75) is 18.9 Å². The van der Waals surface area contributed by atoms with Gasteiger partial charge in [0, 0.05) is 12.6 Å². The third-order valence-electron chi connectivity index (χ3n) is 3.21. The topological polar surface area (TPSA) is 29.5 Å². The summed E-state index contributed by atoms with van der Waals surface area (Å²) in [6.45, 7) is 1.54. The molecule has 0 amide bonds. The van der Waals surface area contributed by atoms with Crippen LogP contribution in [0.1, 0.15) is 12.8 Å². The lowest BCUT2D eigenvalue weighted by Gasteiger charge is -2.21. The van der Waals surface area contributed by atoms with E-state index in [2.05, 4.69) is 4.67 Å². The highest BCUT2D eigenvalue weighted by atomic mass is 31.2. The molecule has 2 aliphatic heterocycles. The third-order valence-corrected chi connectivity index (χ3v) is 5.86. The van der Waals surface area contributed by atoms with Crippen LogP contribution in [-0.4, -0.2) is 23.9 Å². The summed E-state index contributed by atoms with van der Waals surface area (Å²) in [5.74, 6) is 0. The molecular formula is C11H14NO2P. The van der Waals surface area contributed by atoms with E-state index in [0.717, 1.165) is 24.7 Å². The van der Waals surface area contributed by atoms with Gasteiger partial charge < -0.3 is 4.52 Å². The number of nitrogens with zero attached hydrogens (tertiary/aromatic N) is 1. The first-order chi connectivity index (χ1) is 7.31. The summed E-state index contributed by atoms with van der Waals surface area (Å²) < 4.78 is 20.4. The molecule has 2 atom stereocenters. The minimum atomic E-state index is -2.69. The summed E-state index contributed by atoms with van der Waals surface area (Å²) in [6.07, 6.45) is 2.27. The van der Waals surface area contributed by atoms with E-state index in [-0.39, 0.29) is 0 Å². The quantitative estimate of drug-likeness (QED) is 0.682. The fraction of sp³-hybridized carbons (Fsp3) is 0.455. The maximum absolute atomic E-state index is 12.7. The minimum absolute atomic E-state index is 0.385. The third kappa shape index (κ3) is 1.38. The van der Waals surface area contributed by atoms with Crippen LogP contribution in [0.3, 0.4) is 0 Å². The molecule has 0 spiro atoms. The van der Waals surface area contributed by atoms with Gasteiger partial charge in [-0.05, 0) is 25.0 Å². The Morgan fingerprint density at radius 2 is 2.13 bits per heavy atom. The smallest absolute Gasteiger partial charge is 0.302 e. The summed E-state index contributed by atoms with van der Waals surface area (Å²) in [4.78, 5) is 0. The Morgan fingerprint density at radius 3 is 2.93 bits per heavy atom. The van der Waals surface area contributed by atoms with Gasteiger partial charge >= 0.3 is 7.52 Å². The highest BCUT2D eigenvalue weighted by Gasteiger charge is 2.47. The maximum atomic E-state index is 12.7. The second kappa shape index (κ2) is 3.44. The summed E-state index contributed by atoms with van der Waals surface area (Å²) in [7, 11) is -2.69. The van der Waals surface area contributed by atoms with Crippen LogP contribution in [0.15, 0.2) is 30.3 Å². The van der Waals surface area contributed by atoms with E-state index in [1.807, 2.05) is 30.3 Å². The van der Waals surface area contributed by atoms with Crippen LogP contribution in [0, 0.1) is 0 Å². The molecule has 4 heteroatoms. The van der Waals surface area contributed by atoms with Crippen molar-refractivity contribution in [1.82, 2.24) is 4.67 Å². The van der Waals surface area contributed by atoms with E-state index >= 15 is 0 Å². The van der Waals surface area contributed by atoms with Crippen LogP contribution in [-0.2, 0) is 9.09 Å². The predicted octanol–water partition coefficient (Wildman–Crippen LogP) is 2.00. The lowest BCUT2D eigenvalue weighted by atomic mass is 10.2. The normalized spacial score (nSPS) is 35.6. The summed E-state index contributed by atoms with van der Waals surface area (Å²) in [5, 5.41) is 0.842. The van der Waals surface area contributed by atoms with Crippen LogP contribution >= 0.6 is 7.52 Å². The first-order valence-electron chi connectivity index (χ1n) is 5.38. The Bertz CT molecular complexity index is 406. The number of hydrogen-bond acceptors (Lipinski definition) is 2. The zero-order chi connectivity index (χ0) is 10.3. The Kier molecular flexibility index (Phi) is 2.20. The molecule has 0 radical (unpaired) electrons. The summed E-state index contributed by atoms with van der Waals surface area (Å²) in [5.41, 5.74) is 0. The number of rotatable bonds is 1. The Hall–Kier alpha value is -0.630. The van der Waals surface area contributed by atoms with E-state index in [0.29, 0.717) is 12.6 Å². The number of fused-ring (bicyclic) bond motifs is 1. The van der Waals surface area contributed by atoms with Gasteiger partial charge in [-0.2, -0.15) is 0 Å². The first-order valence-corrected chi connectivity index (χ1v) is 6.96. The zero-order valence-corrected chi connectivity index (χ0v) is 9.40. The summed E-state index contributed by atoms with van der Waals surface area (Å²) >= 11 is 0. The lowest BCUT2D eigenvalue weighted by molar-refractivity contribution is 0.331. The van der Waals surface area contributed by atoms with Gasteiger partial charge in [-0.15, -0.1) is 0 Å². The van der Waals surface area contributed by atoms with Crippen LogP contribution in [0.4, 0.5) is 0 Å². The highest BCUT2D eigenvalue weighted by Crippen LogP contribution is 2.58. The van der Waals surface area contributed by atoms with E-state index in [1.54, 1.807) is 0 Å². The zero-order valence-electron chi connectivity index (χ0n) is 8.50. The second-order valence-corrected chi connectivity index (χ2v) is 6.44. The average molecular weight is 223 g/mol. The first kappa shape index (κ1) is 9.59. The Morgan fingerprint density at radius 1 is 1.33 bits per heavy atom. The predicted molar refractivity (Wildman–Crippen MR) is 59.4 cm³/mol. The van der Waals surface area contributed by atoms with Crippen molar-refractivity contribution in [3.8, 4) is 0 Å². The molecule has 2 aliphatic rings. The molecule has 15 heavy (non-hydrogen) atoms. The van der Waals surface area contributed by atoms with Crippen molar-refractivity contribution < 1.29 is 9.09 Å². The van der Waals surface area contributed by atoms with E-state index in [9.17, 15) is 4.57 Å². The van der Waals surface area contributed by atoms with Crippen molar-refractivity contribution in [3.63, 3.8) is 0 Å². The van der Waals surface area contributed by atoms with Gasteiger partial charge in [-0.1, -0.05) is 18.2 Å². The van der Waals surface area contributed by atoms with E-state index in [1.165, 1.54) is 0 Å². The molecule has 2 heterocycles. The largest absolute Gasteiger partial charge is 0.312 e. The minimum Gasteiger partial charge on any atom is -0.312 e. The molecule has 1 aromatic rings. The molecule has 1 aromatic carbocycles. The fourth-order valence-corrected chi connectivity index (χ4v) is 4.97. The molecule has 2 fully saturated rings. The van der Waals surface area contributed by atoms with Crippen LogP contribution < -0.4 is 5.30 Å². The van der Waals surface area contributed by atoms with Gasteiger partial charge in [0.25, 0.3) is 0 Å². The SMILES string of the molecule is O=[P@]1(c2ccccc2)OC[C@@H]2CCCN21. The van der Waals surface area contributed by atoms with Crippen molar-refractivity contribution in [2.75, 3.05) is 13.2 Å². The molecule has 0 unspecified atom stereocenters. The lowest BCUT2D eigenvalue weighted by Crippen LogP contribution is -2.24. The van der Waals surface area contributed by atoms with Gasteiger partial charge in [-0.25, -0.2) is 4.67 Å². The Balaban J connectivity index is 2.01.